The Morgan fingerprint density at radius 2 is 2.00 bits per heavy atom. The Morgan fingerprint density at radius 1 is 1.24 bits per heavy atom. The summed E-state index contributed by atoms with van der Waals surface area (Å²) in [4.78, 5) is 22.9. The summed E-state index contributed by atoms with van der Waals surface area (Å²) in [5.74, 6) is 0.848. The Morgan fingerprint density at radius 3 is 2.71 bits per heavy atom. The molecule has 3 amide bonds. The third-order valence-corrected chi connectivity index (χ3v) is 2.99. The number of ether oxygens (including phenoxy) is 2. The second kappa shape index (κ2) is 3.13. The average molecular weight is 234 g/mol. The lowest BCUT2D eigenvalue weighted by molar-refractivity contribution is -0.123. The molecule has 0 radical (unpaired) electrons. The van der Waals surface area contributed by atoms with Crippen LogP contribution in [0.2, 0.25) is 0 Å². The number of hydrogen-bond donors (Lipinski definition) is 2. The summed E-state index contributed by atoms with van der Waals surface area (Å²) in [7, 11) is 0. The molecular formula is C11H10N2O4. The third-order valence-electron chi connectivity index (χ3n) is 2.99. The molecule has 1 aromatic carbocycles. The molecule has 6 heteroatoms. The molecule has 1 aromatic rings. The van der Waals surface area contributed by atoms with Crippen molar-refractivity contribution in [3.05, 3.63) is 23.8 Å². The highest BCUT2D eigenvalue weighted by molar-refractivity contribution is 6.07. The molecular weight excluding hydrogens is 224 g/mol. The smallest absolute Gasteiger partial charge is 0.322 e. The van der Waals surface area contributed by atoms with Gasteiger partial charge in [-0.15, -0.1) is 0 Å². The van der Waals surface area contributed by atoms with E-state index in [1.807, 2.05) is 0 Å². The van der Waals surface area contributed by atoms with Gasteiger partial charge in [-0.25, -0.2) is 4.79 Å². The van der Waals surface area contributed by atoms with Crippen LogP contribution >= 0.6 is 0 Å². The second-order valence-corrected chi connectivity index (χ2v) is 4.10. The summed E-state index contributed by atoms with van der Waals surface area (Å²) in [6, 6.07) is 4.67. The number of benzene rings is 1. The number of rotatable bonds is 1. The molecule has 0 aliphatic carbocycles. The number of imide groups is 1. The highest BCUT2D eigenvalue weighted by Crippen LogP contribution is 2.36. The van der Waals surface area contributed by atoms with Crippen LogP contribution in [0.3, 0.4) is 0 Å². The van der Waals surface area contributed by atoms with Crippen molar-refractivity contribution in [1.29, 1.82) is 0 Å². The van der Waals surface area contributed by atoms with E-state index < -0.39 is 11.6 Å². The van der Waals surface area contributed by atoms with Crippen molar-refractivity contribution < 1.29 is 19.1 Å². The molecule has 0 unspecified atom stereocenters. The zero-order chi connectivity index (χ0) is 12.0. The minimum atomic E-state index is -1.06. The zero-order valence-corrected chi connectivity index (χ0v) is 9.07. The van der Waals surface area contributed by atoms with Gasteiger partial charge in [-0.1, -0.05) is 6.07 Å². The summed E-state index contributed by atoms with van der Waals surface area (Å²) in [5, 5.41) is 4.80. The Labute approximate surface area is 96.9 Å². The lowest BCUT2D eigenvalue weighted by Crippen LogP contribution is -2.40. The number of nitrogens with one attached hydrogen (secondary N) is 2. The van der Waals surface area contributed by atoms with Gasteiger partial charge in [0.15, 0.2) is 11.5 Å². The van der Waals surface area contributed by atoms with Crippen LogP contribution in [0.25, 0.3) is 0 Å². The van der Waals surface area contributed by atoms with Crippen LogP contribution in [0.4, 0.5) is 4.79 Å². The first-order valence-corrected chi connectivity index (χ1v) is 5.13. The predicted octanol–water partition coefficient (Wildman–Crippen LogP) is 0.470. The van der Waals surface area contributed by atoms with Crippen LogP contribution in [0, 0.1) is 0 Å². The molecule has 0 aromatic heterocycles. The minimum Gasteiger partial charge on any atom is -0.454 e. The van der Waals surface area contributed by atoms with E-state index in [1.54, 1.807) is 25.1 Å². The number of amides is 3. The number of hydrogen-bond acceptors (Lipinski definition) is 4. The van der Waals surface area contributed by atoms with E-state index in [2.05, 4.69) is 10.6 Å². The van der Waals surface area contributed by atoms with Gasteiger partial charge in [-0.05, 0) is 24.6 Å². The molecule has 1 saturated heterocycles. The number of urea groups is 1. The third kappa shape index (κ3) is 1.33. The molecule has 88 valence electrons. The SMILES string of the molecule is C[C@@]1(c2ccc3c(c2)OCO3)NC(=O)NC1=O. The van der Waals surface area contributed by atoms with Crippen molar-refractivity contribution in [3.8, 4) is 11.5 Å². The maximum Gasteiger partial charge on any atom is 0.322 e. The van der Waals surface area contributed by atoms with E-state index in [0.717, 1.165) is 0 Å². The molecule has 17 heavy (non-hydrogen) atoms. The molecule has 2 heterocycles. The summed E-state index contributed by atoms with van der Waals surface area (Å²) >= 11 is 0. The number of carbonyl (C=O) groups excluding carboxylic acids is 2. The Hall–Kier alpha value is -2.24. The van der Waals surface area contributed by atoms with Crippen molar-refractivity contribution in [2.24, 2.45) is 0 Å². The van der Waals surface area contributed by atoms with Gasteiger partial charge in [0.2, 0.25) is 6.79 Å². The minimum absolute atomic E-state index is 0.175. The van der Waals surface area contributed by atoms with Gasteiger partial charge in [0, 0.05) is 0 Å². The standard InChI is InChI=1S/C11H10N2O4/c1-11(9(14)12-10(15)13-11)6-2-3-7-8(4-6)17-5-16-7/h2-4H,5H2,1H3,(H2,12,13,14,15)/t11-/m0/s1. The maximum atomic E-state index is 11.7. The Bertz CT molecular complexity index is 528. The molecule has 6 nitrogen and oxygen atoms in total. The van der Waals surface area contributed by atoms with Gasteiger partial charge in [-0.2, -0.15) is 0 Å². The van der Waals surface area contributed by atoms with E-state index in [-0.39, 0.29) is 12.7 Å². The second-order valence-electron chi connectivity index (χ2n) is 4.10. The van der Waals surface area contributed by atoms with Crippen molar-refractivity contribution in [2.45, 2.75) is 12.5 Å². The normalized spacial score (nSPS) is 25.7. The monoisotopic (exact) mass is 234 g/mol. The first-order valence-electron chi connectivity index (χ1n) is 5.13. The van der Waals surface area contributed by atoms with Crippen LogP contribution in [0.5, 0.6) is 11.5 Å². The van der Waals surface area contributed by atoms with Gasteiger partial charge in [-0.3, -0.25) is 10.1 Å². The van der Waals surface area contributed by atoms with Gasteiger partial charge in [0.1, 0.15) is 5.54 Å². The van der Waals surface area contributed by atoms with Crippen LogP contribution in [0.1, 0.15) is 12.5 Å². The molecule has 0 spiro atoms. The fourth-order valence-electron chi connectivity index (χ4n) is 1.95. The van der Waals surface area contributed by atoms with Crippen molar-refractivity contribution in [1.82, 2.24) is 10.6 Å². The van der Waals surface area contributed by atoms with Crippen LogP contribution in [-0.2, 0) is 10.3 Å². The highest BCUT2D eigenvalue weighted by Gasteiger charge is 2.43. The van der Waals surface area contributed by atoms with Crippen molar-refractivity contribution in [2.75, 3.05) is 6.79 Å². The first-order chi connectivity index (χ1) is 8.09. The lowest BCUT2D eigenvalue weighted by Gasteiger charge is -2.21. The largest absolute Gasteiger partial charge is 0.454 e. The van der Waals surface area contributed by atoms with Crippen LogP contribution in [-0.4, -0.2) is 18.7 Å². The lowest BCUT2D eigenvalue weighted by atomic mass is 9.92. The summed E-state index contributed by atoms with van der Waals surface area (Å²) < 4.78 is 10.4. The Balaban J connectivity index is 2.04. The van der Waals surface area contributed by atoms with E-state index in [9.17, 15) is 9.59 Å². The number of fused-ring (bicyclic) bond motifs is 1. The molecule has 2 aliphatic rings. The molecule has 1 atom stereocenters. The summed E-state index contributed by atoms with van der Waals surface area (Å²) in [6.45, 7) is 1.82. The van der Waals surface area contributed by atoms with Gasteiger partial charge in [0.25, 0.3) is 5.91 Å². The van der Waals surface area contributed by atoms with Gasteiger partial charge < -0.3 is 14.8 Å². The zero-order valence-electron chi connectivity index (χ0n) is 9.07. The molecule has 2 aliphatic heterocycles. The van der Waals surface area contributed by atoms with E-state index in [1.165, 1.54) is 0 Å². The first kappa shape index (κ1) is 9.95. The summed E-state index contributed by atoms with van der Waals surface area (Å²) in [5.41, 5.74) is -0.400. The predicted molar refractivity (Wildman–Crippen MR) is 56.6 cm³/mol. The van der Waals surface area contributed by atoms with E-state index >= 15 is 0 Å². The Kier molecular flexibility index (Phi) is 1.83. The number of carbonyl (C=O) groups is 2. The molecule has 0 saturated carbocycles. The quantitative estimate of drug-likeness (QED) is 0.692. The fraction of sp³-hybridized carbons (Fsp3) is 0.273. The fourth-order valence-corrected chi connectivity index (χ4v) is 1.95. The summed E-state index contributed by atoms with van der Waals surface area (Å²) in [6.07, 6.45) is 0. The molecule has 0 bridgehead atoms. The van der Waals surface area contributed by atoms with Crippen molar-refractivity contribution >= 4 is 11.9 Å². The van der Waals surface area contributed by atoms with Gasteiger partial charge in [0.05, 0.1) is 0 Å². The van der Waals surface area contributed by atoms with Crippen molar-refractivity contribution in [3.63, 3.8) is 0 Å². The van der Waals surface area contributed by atoms with E-state index in [4.69, 9.17) is 9.47 Å². The molecule has 2 N–H and O–H groups in total. The topological polar surface area (TPSA) is 76.7 Å². The van der Waals surface area contributed by atoms with E-state index in [0.29, 0.717) is 17.1 Å². The van der Waals surface area contributed by atoms with Gasteiger partial charge >= 0.3 is 6.03 Å². The highest BCUT2D eigenvalue weighted by atomic mass is 16.7. The molecule has 3 rings (SSSR count). The van der Waals surface area contributed by atoms with Crippen LogP contribution < -0.4 is 20.1 Å². The molecule has 1 fully saturated rings. The maximum absolute atomic E-state index is 11.7. The average Bonchev–Trinajstić information content (AvgIpc) is 2.83. The van der Waals surface area contributed by atoms with Crippen LogP contribution in [0.15, 0.2) is 18.2 Å².